The van der Waals surface area contributed by atoms with E-state index in [0.717, 1.165) is 22.3 Å². The van der Waals surface area contributed by atoms with Crippen LogP contribution in [0.2, 0.25) is 0 Å². The van der Waals surface area contributed by atoms with Crippen molar-refractivity contribution in [2.45, 2.75) is 30.9 Å². The molecule has 0 aromatic heterocycles. The number of aliphatic carboxylic acids is 1. The van der Waals surface area contributed by atoms with Crippen LogP contribution in [0.15, 0.2) is 48.5 Å². The fourth-order valence-corrected chi connectivity index (χ4v) is 5.23. The number of amides is 2. The molecule has 0 spiro atoms. The van der Waals surface area contributed by atoms with E-state index in [2.05, 4.69) is 22.8 Å². The van der Waals surface area contributed by atoms with Gasteiger partial charge in [0.05, 0.1) is 0 Å². The van der Waals surface area contributed by atoms with Crippen molar-refractivity contribution in [2.24, 2.45) is 5.92 Å². The first-order valence-electron chi connectivity index (χ1n) is 11.7. The van der Waals surface area contributed by atoms with Crippen molar-refractivity contribution < 1.29 is 29.0 Å². The van der Waals surface area contributed by atoms with Gasteiger partial charge in [-0.05, 0) is 47.1 Å². The number of hydrogen-bond acceptors (Lipinski definition) is 6. The third kappa shape index (κ3) is 5.79. The van der Waals surface area contributed by atoms with Gasteiger partial charge in [0.1, 0.15) is 12.6 Å². The number of benzene rings is 2. The van der Waals surface area contributed by atoms with E-state index in [0.29, 0.717) is 25.2 Å². The Morgan fingerprint density at radius 3 is 2.40 bits per heavy atom. The lowest BCUT2D eigenvalue weighted by molar-refractivity contribution is -0.149. The third-order valence-electron chi connectivity index (χ3n) is 6.56. The number of thioether (sulfide) groups is 1. The maximum Gasteiger partial charge on any atom is 0.407 e. The predicted molar refractivity (Wildman–Crippen MR) is 133 cm³/mol. The van der Waals surface area contributed by atoms with Gasteiger partial charge in [0.15, 0.2) is 6.10 Å². The summed E-state index contributed by atoms with van der Waals surface area (Å²) in [5.74, 6) is -1.08. The summed E-state index contributed by atoms with van der Waals surface area (Å²) in [5, 5.41) is 14.7. The maximum absolute atomic E-state index is 12.8. The van der Waals surface area contributed by atoms with Crippen LogP contribution < -0.4 is 10.6 Å². The van der Waals surface area contributed by atoms with E-state index in [1.165, 1.54) is 0 Å². The molecule has 1 fully saturated rings. The van der Waals surface area contributed by atoms with E-state index in [-0.39, 0.29) is 30.9 Å². The molecule has 3 N–H and O–H groups in total. The predicted octanol–water partition coefficient (Wildman–Crippen LogP) is 3.25. The second-order valence-corrected chi connectivity index (χ2v) is 9.71. The van der Waals surface area contributed by atoms with Crippen LogP contribution in [0.5, 0.6) is 0 Å². The summed E-state index contributed by atoms with van der Waals surface area (Å²) in [5.41, 5.74) is 4.52. The van der Waals surface area contributed by atoms with E-state index in [9.17, 15) is 19.5 Å². The topological polar surface area (TPSA) is 114 Å². The van der Waals surface area contributed by atoms with Gasteiger partial charge in [0, 0.05) is 25.0 Å². The van der Waals surface area contributed by atoms with E-state index in [1.54, 1.807) is 11.8 Å². The van der Waals surface area contributed by atoms with Gasteiger partial charge >= 0.3 is 12.1 Å². The fourth-order valence-electron chi connectivity index (χ4n) is 4.76. The maximum atomic E-state index is 12.8. The van der Waals surface area contributed by atoms with Gasteiger partial charge in [-0.15, -0.1) is 0 Å². The Bertz CT molecular complexity index is 1030. The highest BCUT2D eigenvalue weighted by Gasteiger charge is 2.35. The molecule has 2 aromatic rings. The van der Waals surface area contributed by atoms with Gasteiger partial charge in [-0.3, -0.25) is 4.79 Å². The molecule has 0 unspecified atom stereocenters. The van der Waals surface area contributed by atoms with Crippen LogP contribution in [0.25, 0.3) is 11.1 Å². The van der Waals surface area contributed by atoms with Crippen LogP contribution in [0.3, 0.4) is 0 Å². The van der Waals surface area contributed by atoms with Crippen LogP contribution in [0.1, 0.15) is 29.9 Å². The van der Waals surface area contributed by atoms with Crippen LogP contribution in [0.4, 0.5) is 4.79 Å². The number of ether oxygens (including phenoxy) is 2. The van der Waals surface area contributed by atoms with Crippen LogP contribution in [-0.2, 0) is 19.1 Å². The molecule has 1 aliphatic heterocycles. The zero-order chi connectivity index (χ0) is 24.8. The van der Waals surface area contributed by atoms with Crippen molar-refractivity contribution in [3.63, 3.8) is 0 Å². The first kappa shape index (κ1) is 25.1. The molecule has 3 atom stereocenters. The molecule has 1 heterocycles. The van der Waals surface area contributed by atoms with Gasteiger partial charge in [0.2, 0.25) is 5.91 Å². The number of hydrogen-bond donors (Lipinski definition) is 3. The number of carboxylic acid groups (broad SMARTS) is 1. The Hall–Kier alpha value is -3.04. The average Bonchev–Trinajstić information content (AvgIpc) is 3.47. The van der Waals surface area contributed by atoms with E-state index in [4.69, 9.17) is 9.47 Å². The number of fused-ring (bicyclic) bond motifs is 3. The van der Waals surface area contributed by atoms with Crippen LogP contribution in [0, 0.1) is 5.92 Å². The van der Waals surface area contributed by atoms with Crippen molar-refractivity contribution in [1.29, 1.82) is 0 Å². The molecule has 35 heavy (non-hydrogen) atoms. The molecule has 0 radical (unpaired) electrons. The fraction of sp³-hybridized carbons (Fsp3) is 0.423. The van der Waals surface area contributed by atoms with Crippen molar-refractivity contribution in [3.05, 3.63) is 59.7 Å². The molecule has 8 nitrogen and oxygen atoms in total. The second kappa shape index (κ2) is 11.6. The SMILES string of the molecule is CSCC[C@H](NC(=O)OCC1c2ccccc2-c2ccccc21)C(=O)NC[C@@H]1CCO[C@@H]1C(=O)O. The number of alkyl carbamates (subject to hydrolysis) is 1. The molecule has 1 saturated heterocycles. The summed E-state index contributed by atoms with van der Waals surface area (Å²) in [7, 11) is 0. The van der Waals surface area contributed by atoms with Crippen molar-refractivity contribution >= 4 is 29.7 Å². The molecule has 186 valence electrons. The zero-order valence-electron chi connectivity index (χ0n) is 19.6. The third-order valence-corrected chi connectivity index (χ3v) is 7.20. The van der Waals surface area contributed by atoms with Crippen molar-refractivity contribution in [3.8, 4) is 11.1 Å². The van der Waals surface area contributed by atoms with E-state index in [1.807, 2.05) is 42.7 Å². The summed E-state index contributed by atoms with van der Waals surface area (Å²) < 4.78 is 10.8. The largest absolute Gasteiger partial charge is 0.479 e. The Morgan fingerprint density at radius 1 is 1.11 bits per heavy atom. The Morgan fingerprint density at radius 2 is 1.77 bits per heavy atom. The minimum atomic E-state index is -1.03. The lowest BCUT2D eigenvalue weighted by atomic mass is 9.98. The molecule has 4 rings (SSSR count). The summed E-state index contributed by atoms with van der Waals surface area (Å²) in [6, 6.07) is 15.4. The lowest BCUT2D eigenvalue weighted by Crippen LogP contribution is -2.49. The average molecular weight is 499 g/mol. The minimum absolute atomic E-state index is 0.0676. The quantitative estimate of drug-likeness (QED) is 0.461. The number of carbonyl (C=O) groups excluding carboxylic acids is 2. The number of nitrogens with one attached hydrogen (secondary N) is 2. The van der Waals surface area contributed by atoms with Gasteiger partial charge in [0.25, 0.3) is 0 Å². The normalized spacial score (nSPS) is 19.5. The summed E-state index contributed by atoms with van der Waals surface area (Å²) in [6.45, 7) is 0.694. The first-order chi connectivity index (χ1) is 17.0. The molecular weight excluding hydrogens is 468 g/mol. The monoisotopic (exact) mass is 498 g/mol. The molecule has 0 bridgehead atoms. The summed E-state index contributed by atoms with van der Waals surface area (Å²) in [6.07, 6.45) is 1.35. The molecule has 2 amide bonds. The van der Waals surface area contributed by atoms with Gasteiger partial charge in [-0.25, -0.2) is 9.59 Å². The molecule has 2 aromatic carbocycles. The van der Waals surface area contributed by atoms with E-state index >= 15 is 0 Å². The van der Waals surface area contributed by atoms with Gasteiger partial charge in [-0.1, -0.05) is 48.5 Å². The number of rotatable bonds is 10. The standard InChI is InChI=1S/C26H30N2O6S/c1-35-13-11-22(24(29)27-14-16-10-12-33-23(16)25(30)31)28-26(32)34-15-21-19-8-4-2-6-17(19)18-7-3-5-9-20(18)21/h2-9,16,21-23H,10-15H2,1H3,(H,27,29)(H,28,32)(H,30,31)/t16-,22-,23-/m0/s1. The van der Waals surface area contributed by atoms with E-state index < -0.39 is 24.2 Å². The highest BCUT2D eigenvalue weighted by Crippen LogP contribution is 2.44. The molecule has 0 saturated carbocycles. The Kier molecular flexibility index (Phi) is 8.30. The second-order valence-electron chi connectivity index (χ2n) is 8.73. The lowest BCUT2D eigenvalue weighted by Gasteiger charge is -2.21. The zero-order valence-corrected chi connectivity index (χ0v) is 20.4. The number of carbonyl (C=O) groups is 3. The Labute approximate surface area is 208 Å². The highest BCUT2D eigenvalue weighted by molar-refractivity contribution is 7.98. The molecular formula is C26H30N2O6S. The number of carboxylic acids is 1. The Balaban J connectivity index is 1.35. The summed E-state index contributed by atoms with van der Waals surface area (Å²) >= 11 is 1.57. The van der Waals surface area contributed by atoms with Crippen molar-refractivity contribution in [1.82, 2.24) is 10.6 Å². The van der Waals surface area contributed by atoms with Crippen LogP contribution in [-0.4, -0.2) is 67.0 Å². The summed E-state index contributed by atoms with van der Waals surface area (Å²) in [4.78, 5) is 36.8. The molecule has 1 aliphatic carbocycles. The highest BCUT2D eigenvalue weighted by atomic mass is 32.2. The molecule has 2 aliphatic rings. The van der Waals surface area contributed by atoms with Crippen molar-refractivity contribution in [2.75, 3.05) is 31.8 Å². The smallest absolute Gasteiger partial charge is 0.407 e. The van der Waals surface area contributed by atoms with Gasteiger partial charge in [-0.2, -0.15) is 11.8 Å². The van der Waals surface area contributed by atoms with Gasteiger partial charge < -0.3 is 25.2 Å². The minimum Gasteiger partial charge on any atom is -0.479 e. The first-order valence-corrected chi connectivity index (χ1v) is 13.1. The van der Waals surface area contributed by atoms with Crippen LogP contribution >= 0.6 is 11.8 Å². The molecule has 9 heteroatoms.